The Bertz CT molecular complexity index is 1230. The summed E-state index contributed by atoms with van der Waals surface area (Å²) in [6.07, 6.45) is 3.54. The van der Waals surface area contributed by atoms with Gasteiger partial charge in [-0.2, -0.15) is 10.3 Å². The van der Waals surface area contributed by atoms with Crippen LogP contribution in [0.5, 0.6) is 11.5 Å². The van der Waals surface area contributed by atoms with Gasteiger partial charge in [-0.15, -0.1) is 0 Å². The number of hydrogen-bond donors (Lipinski definition) is 1. The van der Waals surface area contributed by atoms with Gasteiger partial charge in [0.05, 0.1) is 18.2 Å². The number of hydroxylamine groups is 2. The standard InChI is InChI=1S/C27H26N4O2/c1-31-26(29)30-18-27(13-11-20-6-2-3-7-21(20)12-14-27)32-24-10-9-23(16-25(24)33-31)22-8-4-5-19(15-22)17-28/h2-10,15-16H,11-14,18H2,1H3,(H2,29,30). The molecule has 3 aromatic rings. The summed E-state index contributed by atoms with van der Waals surface area (Å²) in [6.45, 7) is 0.464. The number of fused-ring (bicyclic) bond motifs is 2. The molecule has 5 rings (SSSR count). The molecule has 0 bridgehead atoms. The maximum Gasteiger partial charge on any atom is 0.225 e. The zero-order chi connectivity index (χ0) is 22.8. The van der Waals surface area contributed by atoms with Crippen LogP contribution in [0.15, 0.2) is 71.7 Å². The zero-order valence-electron chi connectivity index (χ0n) is 18.6. The molecule has 2 aliphatic rings. The van der Waals surface area contributed by atoms with E-state index in [0.29, 0.717) is 29.6 Å². The predicted octanol–water partition coefficient (Wildman–Crippen LogP) is 4.48. The molecule has 0 saturated heterocycles. The van der Waals surface area contributed by atoms with Gasteiger partial charge in [0, 0.05) is 7.05 Å². The molecule has 0 amide bonds. The number of nitrogens with zero attached hydrogens (tertiary/aromatic N) is 3. The highest BCUT2D eigenvalue weighted by atomic mass is 16.7. The Morgan fingerprint density at radius 1 is 0.939 bits per heavy atom. The van der Waals surface area contributed by atoms with Crippen molar-refractivity contribution in [2.75, 3.05) is 13.6 Å². The Morgan fingerprint density at radius 3 is 2.39 bits per heavy atom. The van der Waals surface area contributed by atoms with Crippen LogP contribution in [0.2, 0.25) is 0 Å². The van der Waals surface area contributed by atoms with Gasteiger partial charge < -0.3 is 15.3 Å². The van der Waals surface area contributed by atoms with E-state index in [-0.39, 0.29) is 0 Å². The number of rotatable bonds is 1. The Labute approximate surface area is 193 Å². The number of benzene rings is 3. The molecular formula is C27H26N4O2. The highest BCUT2D eigenvalue weighted by molar-refractivity contribution is 5.77. The molecule has 2 N–H and O–H groups in total. The number of guanidine groups is 1. The second-order valence-electron chi connectivity index (χ2n) is 8.67. The number of nitriles is 1. The van der Waals surface area contributed by atoms with E-state index in [1.165, 1.54) is 16.2 Å². The van der Waals surface area contributed by atoms with Crippen molar-refractivity contribution in [1.29, 1.82) is 5.26 Å². The van der Waals surface area contributed by atoms with Crippen molar-refractivity contribution >= 4 is 5.96 Å². The molecule has 1 spiro atoms. The van der Waals surface area contributed by atoms with E-state index in [1.807, 2.05) is 36.4 Å². The quantitative estimate of drug-likeness (QED) is 0.606. The Hall–Kier alpha value is -3.98. The summed E-state index contributed by atoms with van der Waals surface area (Å²) in [5.41, 5.74) is 11.0. The van der Waals surface area contributed by atoms with Crippen molar-refractivity contribution in [2.45, 2.75) is 31.3 Å². The van der Waals surface area contributed by atoms with E-state index in [2.05, 4.69) is 35.3 Å². The summed E-state index contributed by atoms with van der Waals surface area (Å²) in [4.78, 5) is 10.7. The average Bonchev–Trinajstić information content (AvgIpc) is 3.01. The third kappa shape index (κ3) is 4.22. The van der Waals surface area contributed by atoms with Gasteiger partial charge in [0.2, 0.25) is 5.96 Å². The van der Waals surface area contributed by atoms with Crippen LogP contribution >= 0.6 is 0 Å². The maximum atomic E-state index is 9.27. The minimum atomic E-state index is -0.477. The minimum Gasteiger partial charge on any atom is -0.481 e. The molecule has 3 aromatic carbocycles. The van der Waals surface area contributed by atoms with Gasteiger partial charge in [0.1, 0.15) is 5.60 Å². The van der Waals surface area contributed by atoms with E-state index >= 15 is 0 Å². The number of aryl methyl sites for hydroxylation is 2. The van der Waals surface area contributed by atoms with Crippen molar-refractivity contribution in [3.8, 4) is 28.7 Å². The highest BCUT2D eigenvalue weighted by Crippen LogP contribution is 2.39. The normalized spacial score (nSPS) is 17.0. The second kappa shape index (κ2) is 8.51. The molecular weight excluding hydrogens is 412 g/mol. The van der Waals surface area contributed by atoms with Gasteiger partial charge in [0.25, 0.3) is 0 Å². The molecule has 166 valence electrons. The first-order valence-corrected chi connectivity index (χ1v) is 11.2. The smallest absolute Gasteiger partial charge is 0.225 e. The average molecular weight is 439 g/mol. The molecule has 1 aliphatic heterocycles. The van der Waals surface area contributed by atoms with Crippen LogP contribution in [0.25, 0.3) is 11.1 Å². The molecule has 6 heteroatoms. The molecule has 33 heavy (non-hydrogen) atoms. The largest absolute Gasteiger partial charge is 0.481 e. The van der Waals surface area contributed by atoms with Crippen molar-refractivity contribution < 1.29 is 9.57 Å². The summed E-state index contributed by atoms with van der Waals surface area (Å²) in [6, 6.07) is 24.2. The Morgan fingerprint density at radius 2 is 1.67 bits per heavy atom. The van der Waals surface area contributed by atoms with Crippen LogP contribution in [0.1, 0.15) is 29.5 Å². The summed E-state index contributed by atoms with van der Waals surface area (Å²) in [7, 11) is 1.74. The predicted molar refractivity (Wildman–Crippen MR) is 128 cm³/mol. The fourth-order valence-electron chi connectivity index (χ4n) is 4.55. The lowest BCUT2D eigenvalue weighted by atomic mass is 9.93. The lowest BCUT2D eigenvalue weighted by Crippen LogP contribution is -2.41. The zero-order valence-corrected chi connectivity index (χ0v) is 18.6. The molecule has 0 saturated carbocycles. The third-order valence-electron chi connectivity index (χ3n) is 6.50. The summed E-state index contributed by atoms with van der Waals surface area (Å²) < 4.78 is 6.72. The van der Waals surface area contributed by atoms with Gasteiger partial charge in [-0.25, -0.2) is 4.99 Å². The van der Waals surface area contributed by atoms with Crippen LogP contribution in [0.3, 0.4) is 0 Å². The monoisotopic (exact) mass is 438 g/mol. The van der Waals surface area contributed by atoms with Crippen LogP contribution in [0.4, 0.5) is 0 Å². The lowest BCUT2D eigenvalue weighted by molar-refractivity contribution is 0.0316. The van der Waals surface area contributed by atoms with Gasteiger partial charge in [-0.3, -0.25) is 0 Å². The van der Waals surface area contributed by atoms with E-state index in [4.69, 9.17) is 15.3 Å². The van der Waals surface area contributed by atoms with Crippen molar-refractivity contribution in [3.05, 3.63) is 83.4 Å². The second-order valence-corrected chi connectivity index (χ2v) is 8.67. The molecule has 1 aliphatic carbocycles. The van der Waals surface area contributed by atoms with E-state index in [9.17, 15) is 5.26 Å². The van der Waals surface area contributed by atoms with Crippen LogP contribution in [-0.2, 0) is 12.8 Å². The first-order chi connectivity index (χ1) is 16.0. The van der Waals surface area contributed by atoms with Gasteiger partial charge >= 0.3 is 0 Å². The fraction of sp³-hybridized carbons (Fsp3) is 0.259. The third-order valence-corrected chi connectivity index (χ3v) is 6.50. The molecule has 1 heterocycles. The van der Waals surface area contributed by atoms with Crippen LogP contribution in [0, 0.1) is 11.3 Å². The number of aliphatic imine (C=N–C) groups is 1. The summed E-state index contributed by atoms with van der Waals surface area (Å²) in [5, 5.41) is 10.7. The van der Waals surface area contributed by atoms with Crippen LogP contribution < -0.4 is 15.3 Å². The molecule has 0 fully saturated rings. The molecule has 0 radical (unpaired) electrons. The first-order valence-electron chi connectivity index (χ1n) is 11.2. The SMILES string of the molecule is CN1Oc2cc(-c3cccc(C#N)c3)ccc2OC2(CCc3ccccc3CC2)CN=C1N. The molecule has 6 nitrogen and oxygen atoms in total. The maximum absolute atomic E-state index is 9.27. The number of hydrogen-bond acceptors (Lipinski definition) is 6. The molecule has 0 atom stereocenters. The Balaban J connectivity index is 1.53. The molecule has 0 aromatic heterocycles. The van der Waals surface area contributed by atoms with Crippen molar-refractivity contribution in [1.82, 2.24) is 5.06 Å². The van der Waals surface area contributed by atoms with Gasteiger partial charge in [-0.05, 0) is 72.2 Å². The number of ether oxygens (including phenoxy) is 1. The van der Waals surface area contributed by atoms with E-state index < -0.39 is 5.60 Å². The lowest BCUT2D eigenvalue weighted by Gasteiger charge is -2.32. The van der Waals surface area contributed by atoms with Crippen LogP contribution in [-0.4, -0.2) is 30.2 Å². The summed E-state index contributed by atoms with van der Waals surface area (Å²) >= 11 is 0. The van der Waals surface area contributed by atoms with Gasteiger partial charge in [0.15, 0.2) is 11.5 Å². The van der Waals surface area contributed by atoms with Crippen molar-refractivity contribution in [3.63, 3.8) is 0 Å². The van der Waals surface area contributed by atoms with Crippen molar-refractivity contribution in [2.24, 2.45) is 10.7 Å². The highest BCUT2D eigenvalue weighted by Gasteiger charge is 2.36. The Kier molecular flexibility index (Phi) is 5.39. The topological polar surface area (TPSA) is 83.9 Å². The first kappa shape index (κ1) is 20.9. The van der Waals surface area contributed by atoms with Gasteiger partial charge in [-0.1, -0.05) is 42.5 Å². The molecule has 0 unspecified atom stereocenters. The summed E-state index contributed by atoms with van der Waals surface area (Å²) in [5.74, 6) is 1.54. The number of nitrogens with two attached hydrogens (primary N) is 1. The minimum absolute atomic E-state index is 0.310. The van der Waals surface area contributed by atoms with E-state index in [0.717, 1.165) is 36.8 Å². The van der Waals surface area contributed by atoms with E-state index in [1.54, 1.807) is 13.1 Å². The fourth-order valence-corrected chi connectivity index (χ4v) is 4.55.